The lowest BCUT2D eigenvalue weighted by Crippen LogP contribution is -2.36. The lowest BCUT2D eigenvalue weighted by Gasteiger charge is -2.26. The SMILES string of the molecule is CN1C(=O)COc2ccc(S(=O)(=O)NCC(c3ccccc3)c3ccccc3F)cc21. The monoisotopic (exact) mass is 440 g/mol. The molecule has 0 aromatic heterocycles. The van der Waals surface area contributed by atoms with Crippen LogP contribution < -0.4 is 14.4 Å². The lowest BCUT2D eigenvalue weighted by molar-refractivity contribution is -0.120. The van der Waals surface area contributed by atoms with Gasteiger partial charge in [0, 0.05) is 19.5 Å². The number of anilines is 1. The number of hydrogen-bond acceptors (Lipinski definition) is 4. The van der Waals surface area contributed by atoms with E-state index in [9.17, 15) is 17.6 Å². The maximum atomic E-state index is 14.5. The van der Waals surface area contributed by atoms with Gasteiger partial charge in [0.1, 0.15) is 11.6 Å². The van der Waals surface area contributed by atoms with Crippen molar-refractivity contribution in [2.24, 2.45) is 0 Å². The molecule has 1 amide bonds. The van der Waals surface area contributed by atoms with Gasteiger partial charge in [0.15, 0.2) is 6.61 Å². The van der Waals surface area contributed by atoms with E-state index < -0.39 is 21.8 Å². The number of benzene rings is 3. The van der Waals surface area contributed by atoms with Crippen molar-refractivity contribution in [3.8, 4) is 5.75 Å². The van der Waals surface area contributed by atoms with Gasteiger partial charge in [-0.2, -0.15) is 0 Å². The zero-order valence-electron chi connectivity index (χ0n) is 16.8. The number of nitrogens with zero attached hydrogens (tertiary/aromatic N) is 1. The Hall–Kier alpha value is -3.23. The molecule has 0 fully saturated rings. The van der Waals surface area contributed by atoms with Crippen LogP contribution in [0.4, 0.5) is 10.1 Å². The minimum absolute atomic E-state index is 0.00301. The van der Waals surface area contributed by atoms with Gasteiger partial charge in [0.05, 0.1) is 10.6 Å². The fraction of sp³-hybridized carbons (Fsp3) is 0.174. The number of amides is 1. The average Bonchev–Trinajstić information content (AvgIpc) is 2.78. The van der Waals surface area contributed by atoms with Crippen LogP contribution in [0.25, 0.3) is 0 Å². The van der Waals surface area contributed by atoms with Crippen molar-refractivity contribution in [3.63, 3.8) is 0 Å². The smallest absolute Gasteiger partial charge is 0.264 e. The number of ether oxygens (including phenoxy) is 1. The van der Waals surface area contributed by atoms with E-state index in [2.05, 4.69) is 4.72 Å². The highest BCUT2D eigenvalue weighted by Gasteiger charge is 2.26. The Labute approximate surface area is 180 Å². The highest BCUT2D eigenvalue weighted by molar-refractivity contribution is 7.89. The summed E-state index contributed by atoms with van der Waals surface area (Å²) in [5, 5.41) is 0. The van der Waals surface area contributed by atoms with Gasteiger partial charge in [-0.25, -0.2) is 17.5 Å². The Morgan fingerprint density at radius 1 is 1.06 bits per heavy atom. The van der Waals surface area contributed by atoms with Crippen molar-refractivity contribution < 1.29 is 22.3 Å². The molecule has 1 atom stereocenters. The second kappa shape index (κ2) is 8.49. The third kappa shape index (κ3) is 4.30. The first-order valence-electron chi connectivity index (χ1n) is 9.69. The summed E-state index contributed by atoms with van der Waals surface area (Å²) in [5.41, 5.74) is 1.58. The average molecular weight is 440 g/mol. The molecule has 0 bridgehead atoms. The molecule has 8 heteroatoms. The van der Waals surface area contributed by atoms with Gasteiger partial charge in [-0.15, -0.1) is 0 Å². The number of carbonyl (C=O) groups excluding carboxylic acids is 1. The summed E-state index contributed by atoms with van der Waals surface area (Å²) in [4.78, 5) is 13.2. The molecule has 1 aliphatic heterocycles. The summed E-state index contributed by atoms with van der Waals surface area (Å²) in [6.07, 6.45) is 0. The van der Waals surface area contributed by atoms with Gasteiger partial charge in [0.2, 0.25) is 10.0 Å². The molecule has 4 rings (SSSR count). The molecule has 6 nitrogen and oxygen atoms in total. The first-order valence-corrected chi connectivity index (χ1v) is 11.2. The van der Waals surface area contributed by atoms with Gasteiger partial charge in [-0.05, 0) is 35.4 Å². The second-order valence-electron chi connectivity index (χ2n) is 7.21. The summed E-state index contributed by atoms with van der Waals surface area (Å²) in [5.74, 6) is -0.739. The first kappa shape index (κ1) is 21.0. The van der Waals surface area contributed by atoms with E-state index in [0.717, 1.165) is 5.56 Å². The molecule has 31 heavy (non-hydrogen) atoms. The van der Waals surface area contributed by atoms with Crippen molar-refractivity contribution in [3.05, 3.63) is 89.7 Å². The number of halogens is 1. The van der Waals surface area contributed by atoms with Crippen LogP contribution in [-0.4, -0.2) is 34.5 Å². The molecule has 1 heterocycles. The molecule has 0 spiro atoms. The Bertz CT molecular complexity index is 1220. The van der Waals surface area contributed by atoms with Crippen LogP contribution in [0.1, 0.15) is 17.0 Å². The van der Waals surface area contributed by atoms with Gasteiger partial charge in [-0.1, -0.05) is 48.5 Å². The van der Waals surface area contributed by atoms with E-state index >= 15 is 0 Å². The lowest BCUT2D eigenvalue weighted by atomic mass is 9.91. The molecular weight excluding hydrogens is 419 g/mol. The third-order valence-corrected chi connectivity index (χ3v) is 6.71. The summed E-state index contributed by atoms with van der Waals surface area (Å²) < 4.78 is 48.5. The van der Waals surface area contributed by atoms with E-state index in [1.165, 1.54) is 29.2 Å². The summed E-state index contributed by atoms with van der Waals surface area (Å²) in [6, 6.07) is 19.8. The number of rotatable bonds is 6. The molecule has 0 aliphatic carbocycles. The maximum absolute atomic E-state index is 14.5. The predicted molar refractivity (Wildman–Crippen MR) is 115 cm³/mol. The largest absolute Gasteiger partial charge is 0.482 e. The maximum Gasteiger partial charge on any atom is 0.264 e. The van der Waals surface area contributed by atoms with E-state index in [1.807, 2.05) is 30.3 Å². The molecular formula is C23H21FN2O4S. The first-order chi connectivity index (χ1) is 14.9. The molecule has 3 aromatic rings. The molecule has 0 saturated heterocycles. The zero-order chi connectivity index (χ0) is 22.0. The van der Waals surface area contributed by atoms with Gasteiger partial charge >= 0.3 is 0 Å². The van der Waals surface area contributed by atoms with Crippen LogP contribution in [0, 0.1) is 5.82 Å². The normalized spacial score (nSPS) is 14.6. The van der Waals surface area contributed by atoms with Crippen LogP contribution in [0.5, 0.6) is 5.75 Å². The van der Waals surface area contributed by atoms with Crippen LogP contribution in [0.15, 0.2) is 77.7 Å². The molecule has 0 saturated carbocycles. The number of carbonyl (C=O) groups is 1. The Kier molecular flexibility index (Phi) is 5.75. The molecule has 1 aliphatic rings. The predicted octanol–water partition coefficient (Wildman–Crippen LogP) is 3.29. The van der Waals surface area contributed by atoms with Crippen LogP contribution in [0.3, 0.4) is 0 Å². The minimum atomic E-state index is -3.92. The Balaban J connectivity index is 1.63. The third-order valence-electron chi connectivity index (χ3n) is 5.29. The van der Waals surface area contributed by atoms with E-state index in [0.29, 0.717) is 17.0 Å². The highest BCUT2D eigenvalue weighted by Crippen LogP contribution is 2.33. The summed E-state index contributed by atoms with van der Waals surface area (Å²) in [6.45, 7) is -0.120. The highest BCUT2D eigenvalue weighted by atomic mass is 32.2. The van der Waals surface area contributed by atoms with Crippen molar-refractivity contribution in [2.45, 2.75) is 10.8 Å². The number of hydrogen-bond donors (Lipinski definition) is 1. The number of fused-ring (bicyclic) bond motifs is 1. The van der Waals surface area contributed by atoms with Crippen molar-refractivity contribution in [1.82, 2.24) is 4.72 Å². The Morgan fingerprint density at radius 3 is 2.52 bits per heavy atom. The van der Waals surface area contributed by atoms with Crippen LogP contribution in [0.2, 0.25) is 0 Å². The molecule has 3 aromatic carbocycles. The Morgan fingerprint density at radius 2 is 1.77 bits per heavy atom. The molecule has 1 unspecified atom stereocenters. The summed E-state index contributed by atoms with van der Waals surface area (Å²) in [7, 11) is -2.36. The molecule has 0 radical (unpaired) electrons. The molecule has 160 valence electrons. The van der Waals surface area contributed by atoms with E-state index in [4.69, 9.17) is 4.74 Å². The van der Waals surface area contributed by atoms with Crippen molar-refractivity contribution in [1.29, 1.82) is 0 Å². The standard InChI is InChI=1S/C23H21FN2O4S/c1-26-21-13-17(11-12-22(21)30-15-23(26)27)31(28,29)25-14-19(16-7-3-2-4-8-16)18-9-5-6-10-20(18)24/h2-13,19,25H,14-15H2,1H3. The summed E-state index contributed by atoms with van der Waals surface area (Å²) >= 11 is 0. The number of sulfonamides is 1. The van der Waals surface area contributed by atoms with E-state index in [-0.39, 0.29) is 24.0 Å². The van der Waals surface area contributed by atoms with E-state index in [1.54, 1.807) is 25.2 Å². The fourth-order valence-corrected chi connectivity index (χ4v) is 4.61. The van der Waals surface area contributed by atoms with Gasteiger partial charge in [0.25, 0.3) is 5.91 Å². The topological polar surface area (TPSA) is 75.7 Å². The van der Waals surface area contributed by atoms with Crippen molar-refractivity contribution >= 4 is 21.6 Å². The van der Waals surface area contributed by atoms with Crippen LogP contribution >= 0.6 is 0 Å². The zero-order valence-corrected chi connectivity index (χ0v) is 17.6. The molecule has 1 N–H and O–H groups in total. The van der Waals surface area contributed by atoms with Gasteiger partial charge in [-0.3, -0.25) is 4.79 Å². The van der Waals surface area contributed by atoms with Crippen LogP contribution in [-0.2, 0) is 14.8 Å². The quantitative estimate of drug-likeness (QED) is 0.638. The second-order valence-corrected chi connectivity index (χ2v) is 8.97. The van der Waals surface area contributed by atoms with Crippen molar-refractivity contribution in [2.75, 3.05) is 25.1 Å². The minimum Gasteiger partial charge on any atom is -0.482 e. The number of nitrogens with one attached hydrogen (secondary N) is 1. The van der Waals surface area contributed by atoms with Gasteiger partial charge < -0.3 is 9.64 Å². The number of likely N-dealkylation sites (N-methyl/N-ethyl adjacent to an activating group) is 1. The fourth-order valence-electron chi connectivity index (χ4n) is 3.55.